The van der Waals surface area contributed by atoms with E-state index in [0.717, 1.165) is 37.3 Å². The summed E-state index contributed by atoms with van der Waals surface area (Å²) in [5.41, 5.74) is 0.551. The van der Waals surface area contributed by atoms with Gasteiger partial charge in [0.2, 0.25) is 0 Å². The largest absolute Gasteiger partial charge is 0.381 e. The molecule has 17 heavy (non-hydrogen) atoms. The fourth-order valence-electron chi connectivity index (χ4n) is 3.27. The molecule has 2 fully saturated rings. The third kappa shape index (κ3) is 3.40. The van der Waals surface area contributed by atoms with Crippen LogP contribution in [0.1, 0.15) is 32.1 Å². The van der Waals surface area contributed by atoms with E-state index in [0.29, 0.717) is 5.41 Å². The van der Waals surface area contributed by atoms with Crippen molar-refractivity contribution in [3.8, 4) is 12.3 Å². The number of hydrogen-bond acceptors (Lipinski definition) is 3. The second-order valence-electron chi connectivity index (χ2n) is 5.13. The van der Waals surface area contributed by atoms with Gasteiger partial charge in [0.25, 0.3) is 0 Å². The van der Waals surface area contributed by atoms with Crippen LogP contribution in [0.25, 0.3) is 0 Å². The van der Waals surface area contributed by atoms with Gasteiger partial charge in [-0.1, -0.05) is 12.3 Å². The first kappa shape index (κ1) is 13.3. The number of rotatable bonds is 5. The molecule has 1 heterocycles. The van der Waals surface area contributed by atoms with E-state index < -0.39 is 0 Å². The molecule has 1 unspecified atom stereocenters. The molecule has 1 aliphatic carbocycles. The highest BCUT2D eigenvalue weighted by atomic mass is 32.2. The summed E-state index contributed by atoms with van der Waals surface area (Å²) in [6.45, 7) is 3.02. The molecule has 2 aliphatic rings. The zero-order chi connectivity index (χ0) is 12.0. The first-order valence-corrected chi connectivity index (χ1v) is 7.85. The maximum atomic E-state index is 5.51. The molecule has 3 heteroatoms. The summed E-state index contributed by atoms with van der Waals surface area (Å²) in [4.78, 5) is 0. The number of hydrogen-bond donors (Lipinski definition) is 1. The Hall–Kier alpha value is -0.170. The van der Waals surface area contributed by atoms with Crippen molar-refractivity contribution >= 4 is 11.8 Å². The molecule has 1 aliphatic heterocycles. The Balaban J connectivity index is 1.73. The Kier molecular flexibility index (Phi) is 5.21. The van der Waals surface area contributed by atoms with Gasteiger partial charge in [0.1, 0.15) is 0 Å². The second-order valence-corrected chi connectivity index (χ2v) is 6.24. The minimum Gasteiger partial charge on any atom is -0.381 e. The third-order valence-corrected chi connectivity index (χ3v) is 5.08. The van der Waals surface area contributed by atoms with Crippen molar-refractivity contribution in [1.82, 2.24) is 5.32 Å². The molecule has 2 nitrogen and oxygen atoms in total. The molecule has 1 N–H and O–H groups in total. The van der Waals surface area contributed by atoms with Gasteiger partial charge in [-0.2, -0.15) is 0 Å². The van der Waals surface area contributed by atoms with Gasteiger partial charge in [-0.15, -0.1) is 18.2 Å². The summed E-state index contributed by atoms with van der Waals surface area (Å²) in [5.74, 6) is 4.64. The van der Waals surface area contributed by atoms with Gasteiger partial charge < -0.3 is 10.1 Å². The van der Waals surface area contributed by atoms with E-state index in [2.05, 4.69) is 11.2 Å². The van der Waals surface area contributed by atoms with Crippen LogP contribution in [0.4, 0.5) is 0 Å². The van der Waals surface area contributed by atoms with E-state index in [9.17, 15) is 0 Å². The van der Waals surface area contributed by atoms with Crippen LogP contribution >= 0.6 is 11.8 Å². The lowest BCUT2D eigenvalue weighted by Crippen LogP contribution is -2.45. The Bertz CT molecular complexity index is 268. The summed E-state index contributed by atoms with van der Waals surface area (Å²) in [7, 11) is 0. The van der Waals surface area contributed by atoms with Gasteiger partial charge >= 0.3 is 0 Å². The van der Waals surface area contributed by atoms with Crippen molar-refractivity contribution in [2.45, 2.75) is 38.1 Å². The lowest BCUT2D eigenvalue weighted by molar-refractivity contribution is 0.00480. The van der Waals surface area contributed by atoms with E-state index in [-0.39, 0.29) is 0 Å². The van der Waals surface area contributed by atoms with Gasteiger partial charge in [0, 0.05) is 31.6 Å². The Morgan fingerprint density at radius 3 is 2.94 bits per heavy atom. The van der Waals surface area contributed by atoms with Crippen LogP contribution in [0.5, 0.6) is 0 Å². The minimum atomic E-state index is 0.551. The van der Waals surface area contributed by atoms with Crippen molar-refractivity contribution in [2.24, 2.45) is 5.41 Å². The second kappa shape index (κ2) is 6.68. The summed E-state index contributed by atoms with van der Waals surface area (Å²) < 4.78 is 5.51. The SMILES string of the molecule is C#CCSCCNC1CCCC12CCOCC2. The van der Waals surface area contributed by atoms with Crippen LogP contribution in [0.15, 0.2) is 0 Å². The highest BCUT2D eigenvalue weighted by Crippen LogP contribution is 2.45. The maximum Gasteiger partial charge on any atom is 0.0545 e. The summed E-state index contributed by atoms with van der Waals surface area (Å²) in [6.07, 6.45) is 11.9. The van der Waals surface area contributed by atoms with Crippen molar-refractivity contribution in [3.05, 3.63) is 0 Å². The topological polar surface area (TPSA) is 21.3 Å². The predicted octanol–water partition coefficient (Wildman–Crippen LogP) is 2.29. The Morgan fingerprint density at radius 2 is 2.18 bits per heavy atom. The normalized spacial score (nSPS) is 27.1. The molecular formula is C14H23NOS. The molecule has 2 rings (SSSR count). The van der Waals surface area contributed by atoms with Crippen LogP contribution in [0, 0.1) is 17.8 Å². The molecule has 0 amide bonds. The molecule has 1 saturated carbocycles. The maximum absolute atomic E-state index is 5.51. The quantitative estimate of drug-likeness (QED) is 0.600. The van der Waals surface area contributed by atoms with Gasteiger partial charge in [-0.25, -0.2) is 0 Å². The minimum absolute atomic E-state index is 0.551. The first-order chi connectivity index (χ1) is 8.37. The van der Waals surface area contributed by atoms with Gasteiger partial charge in [-0.3, -0.25) is 0 Å². The first-order valence-electron chi connectivity index (χ1n) is 6.70. The van der Waals surface area contributed by atoms with Gasteiger partial charge in [0.05, 0.1) is 5.75 Å². The predicted molar refractivity (Wildman–Crippen MR) is 74.3 cm³/mol. The summed E-state index contributed by atoms with van der Waals surface area (Å²) in [6, 6.07) is 0.720. The van der Waals surface area contributed by atoms with Gasteiger partial charge in [0.15, 0.2) is 0 Å². The number of thioether (sulfide) groups is 1. The van der Waals surface area contributed by atoms with E-state index in [1.54, 1.807) is 0 Å². The number of ether oxygens (including phenoxy) is 1. The Labute approximate surface area is 109 Å². The molecule has 96 valence electrons. The number of terminal acetylenes is 1. The smallest absolute Gasteiger partial charge is 0.0545 e. The molecular weight excluding hydrogens is 230 g/mol. The summed E-state index contributed by atoms with van der Waals surface area (Å²) >= 11 is 1.85. The van der Waals surface area contributed by atoms with Crippen molar-refractivity contribution in [2.75, 3.05) is 31.3 Å². The summed E-state index contributed by atoms with van der Waals surface area (Å²) in [5, 5.41) is 3.76. The van der Waals surface area contributed by atoms with Crippen LogP contribution in [0.2, 0.25) is 0 Å². The molecule has 0 aromatic heterocycles. The van der Waals surface area contributed by atoms with Crippen LogP contribution in [-0.2, 0) is 4.74 Å². The molecule has 1 saturated heterocycles. The van der Waals surface area contributed by atoms with E-state index in [1.807, 2.05) is 11.8 Å². The lowest BCUT2D eigenvalue weighted by atomic mass is 9.75. The van der Waals surface area contributed by atoms with Crippen LogP contribution in [0.3, 0.4) is 0 Å². The monoisotopic (exact) mass is 253 g/mol. The van der Waals surface area contributed by atoms with E-state index in [1.165, 1.54) is 32.1 Å². The zero-order valence-corrected chi connectivity index (χ0v) is 11.4. The average molecular weight is 253 g/mol. The molecule has 0 bridgehead atoms. The fraction of sp³-hybridized carbons (Fsp3) is 0.857. The third-order valence-electron chi connectivity index (χ3n) is 4.22. The average Bonchev–Trinajstić information content (AvgIpc) is 2.73. The molecule has 0 aromatic carbocycles. The Morgan fingerprint density at radius 1 is 1.35 bits per heavy atom. The zero-order valence-electron chi connectivity index (χ0n) is 10.5. The standard InChI is InChI=1S/C14H23NOS/c1-2-11-17-12-8-15-13-4-3-5-14(13)6-9-16-10-7-14/h1,13,15H,3-12H2. The van der Waals surface area contributed by atoms with E-state index >= 15 is 0 Å². The highest BCUT2D eigenvalue weighted by molar-refractivity contribution is 7.99. The highest BCUT2D eigenvalue weighted by Gasteiger charge is 2.43. The molecule has 1 atom stereocenters. The lowest BCUT2D eigenvalue weighted by Gasteiger charge is -2.39. The van der Waals surface area contributed by atoms with Crippen molar-refractivity contribution < 1.29 is 4.74 Å². The number of nitrogens with one attached hydrogen (secondary N) is 1. The molecule has 1 spiro atoms. The molecule has 0 aromatic rings. The fourth-order valence-corrected chi connectivity index (χ4v) is 3.79. The molecule has 0 radical (unpaired) electrons. The van der Waals surface area contributed by atoms with Crippen LogP contribution < -0.4 is 5.32 Å². The van der Waals surface area contributed by atoms with Crippen molar-refractivity contribution in [3.63, 3.8) is 0 Å². The van der Waals surface area contributed by atoms with Crippen molar-refractivity contribution in [1.29, 1.82) is 0 Å². The van der Waals surface area contributed by atoms with Crippen LogP contribution in [-0.4, -0.2) is 37.3 Å². The van der Waals surface area contributed by atoms with Gasteiger partial charge in [-0.05, 0) is 31.1 Å². The van der Waals surface area contributed by atoms with E-state index in [4.69, 9.17) is 11.2 Å².